The number of benzene rings is 2. The van der Waals surface area contributed by atoms with Gasteiger partial charge in [0, 0.05) is 0 Å². The maximum Gasteiger partial charge on any atom is 0.252 e. The molecule has 0 unspecified atom stereocenters. The smallest absolute Gasteiger partial charge is 0.252 e. The Morgan fingerprint density at radius 1 is 1.32 bits per heavy atom. The summed E-state index contributed by atoms with van der Waals surface area (Å²) < 4.78 is 20.9. The van der Waals surface area contributed by atoms with Gasteiger partial charge in [-0.15, -0.1) is 6.42 Å². The van der Waals surface area contributed by atoms with Crippen LogP contribution in [-0.2, 0) is 17.8 Å². The van der Waals surface area contributed by atoms with Crippen LogP contribution in [0.4, 0.5) is 4.39 Å². The molecule has 0 bridgehead atoms. The molecule has 4 nitrogen and oxygen atoms in total. The largest absolute Gasteiger partial charge is 0.497 e. The standard InChI is InChI=1S/C19H15FN2O2S/c1-3-10-22-16-9-8-15(24-2)12-17(16)25-19(22)21-18(23)11-13-4-6-14(20)7-5-13/h1,4-9,12H,10-11H2,2H3. The Bertz CT molecular complexity index is 1030. The highest BCUT2D eigenvalue weighted by Gasteiger charge is 2.09. The number of halogens is 1. The summed E-state index contributed by atoms with van der Waals surface area (Å²) >= 11 is 1.37. The Morgan fingerprint density at radius 2 is 2.08 bits per heavy atom. The third-order valence-corrected chi connectivity index (χ3v) is 4.67. The number of carbonyl (C=O) groups excluding carboxylic acids is 1. The number of terminal acetylenes is 1. The number of ether oxygens (including phenoxy) is 1. The van der Waals surface area contributed by atoms with E-state index in [4.69, 9.17) is 11.2 Å². The summed E-state index contributed by atoms with van der Waals surface area (Å²) in [7, 11) is 1.60. The van der Waals surface area contributed by atoms with Gasteiger partial charge in [-0.25, -0.2) is 4.39 Å². The van der Waals surface area contributed by atoms with Crippen molar-refractivity contribution in [2.45, 2.75) is 13.0 Å². The van der Waals surface area contributed by atoms with E-state index in [0.717, 1.165) is 16.0 Å². The van der Waals surface area contributed by atoms with Crippen molar-refractivity contribution in [2.75, 3.05) is 7.11 Å². The van der Waals surface area contributed by atoms with Gasteiger partial charge in [-0.3, -0.25) is 4.79 Å². The highest BCUT2D eigenvalue weighted by atomic mass is 32.1. The van der Waals surface area contributed by atoms with Gasteiger partial charge in [-0.2, -0.15) is 4.99 Å². The van der Waals surface area contributed by atoms with Gasteiger partial charge < -0.3 is 9.30 Å². The molecule has 25 heavy (non-hydrogen) atoms. The molecular formula is C19H15FN2O2S. The van der Waals surface area contributed by atoms with E-state index in [1.165, 1.54) is 23.5 Å². The molecule has 1 amide bonds. The van der Waals surface area contributed by atoms with Crippen molar-refractivity contribution in [3.8, 4) is 18.1 Å². The van der Waals surface area contributed by atoms with Crippen LogP contribution in [0.2, 0.25) is 0 Å². The fraction of sp³-hybridized carbons (Fsp3) is 0.158. The number of rotatable bonds is 4. The zero-order chi connectivity index (χ0) is 17.8. The number of fused-ring (bicyclic) bond motifs is 1. The Labute approximate surface area is 148 Å². The van der Waals surface area contributed by atoms with Gasteiger partial charge in [0.2, 0.25) is 0 Å². The molecule has 0 aliphatic carbocycles. The lowest BCUT2D eigenvalue weighted by molar-refractivity contribution is -0.117. The van der Waals surface area contributed by atoms with Crippen molar-refractivity contribution in [3.05, 3.63) is 58.6 Å². The zero-order valence-electron chi connectivity index (χ0n) is 13.5. The Kier molecular flexibility index (Phi) is 4.96. The molecule has 3 rings (SSSR count). The molecule has 3 aromatic rings. The summed E-state index contributed by atoms with van der Waals surface area (Å²) in [6.07, 6.45) is 5.56. The van der Waals surface area contributed by atoms with Crippen LogP contribution in [-0.4, -0.2) is 17.6 Å². The number of amides is 1. The molecule has 1 heterocycles. The van der Waals surface area contributed by atoms with Crippen molar-refractivity contribution >= 4 is 27.5 Å². The predicted molar refractivity (Wildman–Crippen MR) is 95.9 cm³/mol. The van der Waals surface area contributed by atoms with Crippen LogP contribution in [0.5, 0.6) is 5.75 Å². The van der Waals surface area contributed by atoms with Gasteiger partial charge >= 0.3 is 0 Å². The number of carbonyl (C=O) groups is 1. The average Bonchev–Trinajstić information content (AvgIpc) is 2.93. The van der Waals surface area contributed by atoms with Crippen LogP contribution in [0.3, 0.4) is 0 Å². The van der Waals surface area contributed by atoms with Crippen LogP contribution in [0.15, 0.2) is 47.5 Å². The van der Waals surface area contributed by atoms with E-state index < -0.39 is 0 Å². The van der Waals surface area contributed by atoms with Crippen molar-refractivity contribution in [3.63, 3.8) is 0 Å². The van der Waals surface area contributed by atoms with Crippen LogP contribution < -0.4 is 9.54 Å². The van der Waals surface area contributed by atoms with Gasteiger partial charge in [0.25, 0.3) is 5.91 Å². The van der Waals surface area contributed by atoms with Crippen LogP contribution in [0.1, 0.15) is 5.56 Å². The number of hydrogen-bond donors (Lipinski definition) is 0. The van der Waals surface area contributed by atoms with Crippen LogP contribution in [0.25, 0.3) is 10.2 Å². The molecule has 0 aliphatic rings. The first-order chi connectivity index (χ1) is 12.1. The van der Waals surface area contributed by atoms with Gasteiger partial charge in [0.15, 0.2) is 4.80 Å². The van der Waals surface area contributed by atoms with E-state index in [1.54, 1.807) is 19.2 Å². The van der Waals surface area contributed by atoms with E-state index in [2.05, 4.69) is 10.9 Å². The maximum atomic E-state index is 12.9. The van der Waals surface area contributed by atoms with Crippen molar-refractivity contribution in [2.24, 2.45) is 4.99 Å². The van der Waals surface area contributed by atoms with E-state index in [-0.39, 0.29) is 18.1 Å². The quantitative estimate of drug-likeness (QED) is 0.676. The Morgan fingerprint density at radius 3 is 2.76 bits per heavy atom. The third kappa shape index (κ3) is 3.78. The Balaban J connectivity index is 1.99. The molecule has 0 fully saturated rings. The van der Waals surface area contributed by atoms with Crippen molar-refractivity contribution < 1.29 is 13.9 Å². The molecule has 6 heteroatoms. The summed E-state index contributed by atoms with van der Waals surface area (Å²) in [6.45, 7) is 0.314. The minimum Gasteiger partial charge on any atom is -0.497 e. The van der Waals surface area contributed by atoms with E-state index in [1.807, 2.05) is 22.8 Å². The molecule has 0 aliphatic heterocycles. The fourth-order valence-corrected chi connectivity index (χ4v) is 3.51. The van der Waals surface area contributed by atoms with Crippen LogP contribution in [0, 0.1) is 18.2 Å². The van der Waals surface area contributed by atoms with Crippen LogP contribution >= 0.6 is 11.3 Å². The lowest BCUT2D eigenvalue weighted by Gasteiger charge is -2.01. The molecular weight excluding hydrogens is 339 g/mol. The number of thiazole rings is 1. The highest BCUT2D eigenvalue weighted by molar-refractivity contribution is 7.16. The van der Waals surface area contributed by atoms with Gasteiger partial charge in [-0.1, -0.05) is 29.4 Å². The fourth-order valence-electron chi connectivity index (χ4n) is 2.43. The second kappa shape index (κ2) is 7.32. The summed E-state index contributed by atoms with van der Waals surface area (Å²) in [5.41, 5.74) is 1.61. The topological polar surface area (TPSA) is 43.6 Å². The predicted octanol–water partition coefficient (Wildman–Crippen LogP) is 3.15. The van der Waals surface area contributed by atoms with Crippen molar-refractivity contribution in [1.29, 1.82) is 0 Å². The first kappa shape index (κ1) is 16.9. The minimum absolute atomic E-state index is 0.105. The number of nitrogens with zero attached hydrogens (tertiary/aromatic N) is 2. The highest BCUT2D eigenvalue weighted by Crippen LogP contribution is 2.23. The molecule has 0 saturated carbocycles. The van der Waals surface area contributed by atoms with Gasteiger partial charge in [0.05, 0.1) is 30.3 Å². The van der Waals surface area contributed by atoms with E-state index in [9.17, 15) is 9.18 Å². The lowest BCUT2D eigenvalue weighted by Crippen LogP contribution is -2.17. The molecule has 0 spiro atoms. The SMILES string of the molecule is C#CCn1c(=NC(=O)Cc2ccc(F)cc2)sc2cc(OC)ccc21. The maximum absolute atomic E-state index is 12.9. The molecule has 0 atom stereocenters. The van der Waals surface area contributed by atoms with E-state index >= 15 is 0 Å². The monoisotopic (exact) mass is 354 g/mol. The second-order valence-corrected chi connectivity index (χ2v) is 6.33. The normalized spacial score (nSPS) is 11.5. The molecule has 1 aromatic heterocycles. The molecule has 2 aromatic carbocycles. The zero-order valence-corrected chi connectivity index (χ0v) is 14.3. The van der Waals surface area contributed by atoms with Gasteiger partial charge in [0.1, 0.15) is 11.6 Å². The first-order valence-electron chi connectivity index (χ1n) is 7.53. The summed E-state index contributed by atoms with van der Waals surface area (Å²) in [4.78, 5) is 17.0. The molecule has 0 saturated heterocycles. The first-order valence-corrected chi connectivity index (χ1v) is 8.35. The van der Waals surface area contributed by atoms with Crippen molar-refractivity contribution in [1.82, 2.24) is 4.57 Å². The molecule has 0 N–H and O–H groups in total. The third-order valence-electron chi connectivity index (χ3n) is 3.63. The molecule has 126 valence electrons. The average molecular weight is 354 g/mol. The minimum atomic E-state index is -0.335. The summed E-state index contributed by atoms with van der Waals surface area (Å²) in [6, 6.07) is 11.4. The summed E-state index contributed by atoms with van der Waals surface area (Å²) in [5.74, 6) is 2.67. The van der Waals surface area contributed by atoms with Gasteiger partial charge in [-0.05, 0) is 35.9 Å². The molecule has 0 radical (unpaired) electrons. The summed E-state index contributed by atoms with van der Waals surface area (Å²) in [5, 5.41) is 0. The Hall–Kier alpha value is -2.91. The lowest BCUT2D eigenvalue weighted by atomic mass is 10.1. The van der Waals surface area contributed by atoms with E-state index in [0.29, 0.717) is 16.9 Å². The number of aromatic nitrogens is 1. The number of hydrogen-bond acceptors (Lipinski definition) is 3. The number of methoxy groups -OCH3 is 1. The second-order valence-electron chi connectivity index (χ2n) is 5.32.